The fourth-order valence-electron chi connectivity index (χ4n) is 1.24. The van der Waals surface area contributed by atoms with E-state index in [1.807, 2.05) is 19.1 Å². The highest BCUT2D eigenvalue weighted by Gasteiger charge is 2.07. The first-order valence-corrected chi connectivity index (χ1v) is 4.80. The van der Waals surface area contributed by atoms with Gasteiger partial charge in [0.1, 0.15) is 21.5 Å². The van der Waals surface area contributed by atoms with Gasteiger partial charge in [-0.1, -0.05) is 0 Å². The van der Waals surface area contributed by atoms with Crippen molar-refractivity contribution in [2.75, 3.05) is 5.73 Å². The summed E-state index contributed by atoms with van der Waals surface area (Å²) in [7, 11) is 0. The van der Waals surface area contributed by atoms with E-state index in [2.05, 4.69) is 26.0 Å². The van der Waals surface area contributed by atoms with Gasteiger partial charge in [0, 0.05) is 6.54 Å². The molecular formula is C8H9BrN4. The molecule has 4 nitrogen and oxygen atoms in total. The summed E-state index contributed by atoms with van der Waals surface area (Å²) < 4.78 is 2.52. The van der Waals surface area contributed by atoms with Gasteiger partial charge in [-0.2, -0.15) is 5.10 Å². The molecule has 0 aliphatic heterocycles. The molecule has 2 rings (SSSR count). The third-order valence-corrected chi connectivity index (χ3v) is 2.33. The number of nitrogens with two attached hydrogens (primary N) is 1. The summed E-state index contributed by atoms with van der Waals surface area (Å²) in [6.07, 6.45) is 0. The van der Waals surface area contributed by atoms with Crippen LogP contribution in [0.4, 0.5) is 5.82 Å². The van der Waals surface area contributed by atoms with E-state index in [0.29, 0.717) is 5.82 Å². The van der Waals surface area contributed by atoms with E-state index in [4.69, 9.17) is 5.73 Å². The van der Waals surface area contributed by atoms with E-state index >= 15 is 0 Å². The number of fused-ring (bicyclic) bond motifs is 1. The molecule has 0 spiro atoms. The average molecular weight is 241 g/mol. The maximum absolute atomic E-state index is 5.84. The van der Waals surface area contributed by atoms with Crippen LogP contribution in [-0.2, 0) is 6.54 Å². The summed E-state index contributed by atoms with van der Waals surface area (Å²) in [4.78, 5) is 4.25. The van der Waals surface area contributed by atoms with E-state index in [0.717, 1.165) is 22.2 Å². The minimum absolute atomic E-state index is 0.624. The summed E-state index contributed by atoms with van der Waals surface area (Å²) in [5.41, 5.74) is 7.43. The van der Waals surface area contributed by atoms with Crippen LogP contribution in [0.15, 0.2) is 16.7 Å². The summed E-state index contributed by atoms with van der Waals surface area (Å²) in [5, 5.41) is 4.28. The van der Waals surface area contributed by atoms with Crippen molar-refractivity contribution in [3.05, 3.63) is 16.7 Å². The van der Waals surface area contributed by atoms with Crippen LogP contribution in [-0.4, -0.2) is 14.8 Å². The average Bonchev–Trinajstić information content (AvgIpc) is 2.44. The maximum Gasteiger partial charge on any atom is 0.148 e. The highest BCUT2D eigenvalue weighted by molar-refractivity contribution is 9.10. The molecule has 0 aromatic carbocycles. The highest BCUT2D eigenvalue weighted by atomic mass is 79.9. The van der Waals surface area contributed by atoms with Gasteiger partial charge in [-0.3, -0.25) is 0 Å². The van der Waals surface area contributed by atoms with Gasteiger partial charge in [0.05, 0.1) is 0 Å². The van der Waals surface area contributed by atoms with Crippen LogP contribution in [0.5, 0.6) is 0 Å². The van der Waals surface area contributed by atoms with Crippen molar-refractivity contribution in [1.29, 1.82) is 0 Å². The van der Waals surface area contributed by atoms with Gasteiger partial charge in [0.25, 0.3) is 0 Å². The fraction of sp³-hybridized carbons (Fsp3) is 0.250. The molecule has 0 unspecified atom stereocenters. The van der Waals surface area contributed by atoms with E-state index in [9.17, 15) is 0 Å². The van der Waals surface area contributed by atoms with Crippen molar-refractivity contribution < 1.29 is 0 Å². The number of hydrogen-bond donors (Lipinski definition) is 1. The molecule has 0 atom stereocenters. The van der Waals surface area contributed by atoms with Crippen molar-refractivity contribution in [3.63, 3.8) is 0 Å². The molecule has 0 amide bonds. The molecule has 0 aliphatic rings. The predicted molar refractivity (Wildman–Crippen MR) is 55.3 cm³/mol. The summed E-state index contributed by atoms with van der Waals surface area (Å²) >= 11 is 3.29. The Labute approximate surface area is 83.9 Å². The Bertz CT molecular complexity index is 449. The first-order chi connectivity index (χ1) is 6.22. The molecule has 5 heteroatoms. The van der Waals surface area contributed by atoms with Gasteiger partial charge in [-0.05, 0) is 35.0 Å². The second-order valence-electron chi connectivity index (χ2n) is 2.70. The molecule has 2 N–H and O–H groups in total. The Morgan fingerprint density at radius 3 is 3.00 bits per heavy atom. The lowest BCUT2D eigenvalue weighted by atomic mass is 10.4. The summed E-state index contributed by atoms with van der Waals surface area (Å²) in [6, 6.07) is 3.75. The van der Waals surface area contributed by atoms with Gasteiger partial charge < -0.3 is 5.73 Å². The Balaban J connectivity index is 2.77. The van der Waals surface area contributed by atoms with Crippen molar-refractivity contribution in [3.8, 4) is 0 Å². The zero-order valence-corrected chi connectivity index (χ0v) is 8.74. The number of hydrogen-bond acceptors (Lipinski definition) is 3. The standard InChI is InChI=1S/C8H9BrN4/c1-2-13-8(10)7-5(12-13)3-4-6(9)11-7/h3-4H,2,10H2,1H3. The van der Waals surface area contributed by atoms with Crippen molar-refractivity contribution >= 4 is 32.8 Å². The first-order valence-electron chi connectivity index (χ1n) is 4.01. The predicted octanol–water partition coefficient (Wildman–Crippen LogP) is 1.80. The molecule has 0 fully saturated rings. The monoisotopic (exact) mass is 240 g/mol. The van der Waals surface area contributed by atoms with E-state index in [1.165, 1.54) is 0 Å². The molecule has 0 saturated heterocycles. The number of aromatic nitrogens is 3. The third-order valence-electron chi connectivity index (χ3n) is 1.89. The van der Waals surface area contributed by atoms with Gasteiger partial charge in [0.2, 0.25) is 0 Å². The van der Waals surface area contributed by atoms with E-state index in [-0.39, 0.29) is 0 Å². The molecule has 0 radical (unpaired) electrons. The molecule has 2 aromatic rings. The second-order valence-corrected chi connectivity index (χ2v) is 3.52. The smallest absolute Gasteiger partial charge is 0.148 e. The van der Waals surface area contributed by atoms with Gasteiger partial charge >= 0.3 is 0 Å². The maximum atomic E-state index is 5.84. The first kappa shape index (κ1) is 8.50. The van der Waals surface area contributed by atoms with Crippen LogP contribution in [0.25, 0.3) is 11.0 Å². The van der Waals surface area contributed by atoms with Crippen LogP contribution in [0.1, 0.15) is 6.92 Å². The van der Waals surface area contributed by atoms with Crippen molar-refractivity contribution in [2.24, 2.45) is 0 Å². The van der Waals surface area contributed by atoms with Crippen LogP contribution in [0.2, 0.25) is 0 Å². The number of halogens is 1. The number of rotatable bonds is 1. The van der Waals surface area contributed by atoms with E-state index in [1.54, 1.807) is 4.68 Å². The molecular weight excluding hydrogens is 232 g/mol. The normalized spacial score (nSPS) is 10.9. The zero-order chi connectivity index (χ0) is 9.42. The molecule has 0 aliphatic carbocycles. The van der Waals surface area contributed by atoms with E-state index < -0.39 is 0 Å². The molecule has 68 valence electrons. The molecule has 13 heavy (non-hydrogen) atoms. The minimum Gasteiger partial charge on any atom is -0.382 e. The third kappa shape index (κ3) is 1.29. The summed E-state index contributed by atoms with van der Waals surface area (Å²) in [6.45, 7) is 2.76. The van der Waals surface area contributed by atoms with Crippen molar-refractivity contribution in [2.45, 2.75) is 13.5 Å². The topological polar surface area (TPSA) is 56.7 Å². The number of nitrogens with zero attached hydrogens (tertiary/aromatic N) is 3. The molecule has 2 aromatic heterocycles. The Kier molecular flexibility index (Phi) is 1.95. The lowest BCUT2D eigenvalue weighted by Crippen LogP contribution is -2.01. The van der Waals surface area contributed by atoms with Crippen LogP contribution < -0.4 is 5.73 Å². The van der Waals surface area contributed by atoms with Crippen LogP contribution in [0, 0.1) is 0 Å². The highest BCUT2D eigenvalue weighted by Crippen LogP contribution is 2.20. The largest absolute Gasteiger partial charge is 0.382 e. The van der Waals surface area contributed by atoms with Gasteiger partial charge in [-0.25, -0.2) is 9.67 Å². The van der Waals surface area contributed by atoms with Crippen LogP contribution in [0.3, 0.4) is 0 Å². The minimum atomic E-state index is 0.624. The number of nitrogen functional groups attached to an aromatic ring is 1. The zero-order valence-electron chi connectivity index (χ0n) is 7.16. The molecule has 2 heterocycles. The Morgan fingerprint density at radius 1 is 1.54 bits per heavy atom. The fourth-order valence-corrected chi connectivity index (χ4v) is 1.55. The number of pyridine rings is 1. The molecule has 0 bridgehead atoms. The lowest BCUT2D eigenvalue weighted by molar-refractivity contribution is 0.678. The number of aryl methyl sites for hydroxylation is 1. The molecule has 0 saturated carbocycles. The summed E-state index contributed by atoms with van der Waals surface area (Å²) in [5.74, 6) is 0.624. The quantitative estimate of drug-likeness (QED) is 0.774. The SMILES string of the molecule is CCn1nc2ccc(Br)nc2c1N. The number of anilines is 1. The van der Waals surface area contributed by atoms with Crippen LogP contribution >= 0.6 is 15.9 Å². The van der Waals surface area contributed by atoms with Gasteiger partial charge in [-0.15, -0.1) is 0 Å². The Morgan fingerprint density at radius 2 is 2.31 bits per heavy atom. The lowest BCUT2D eigenvalue weighted by Gasteiger charge is -1.95. The second kappa shape index (κ2) is 2.99. The Hall–Kier alpha value is -1.10. The van der Waals surface area contributed by atoms with Gasteiger partial charge in [0.15, 0.2) is 0 Å². The van der Waals surface area contributed by atoms with Crippen molar-refractivity contribution in [1.82, 2.24) is 14.8 Å².